The highest BCUT2D eigenvalue weighted by Crippen LogP contribution is 2.28. The normalized spacial score (nSPS) is 11.1. The van der Waals surface area contributed by atoms with E-state index in [1.807, 2.05) is 0 Å². The Morgan fingerprint density at radius 1 is 1.21 bits per heavy atom. The lowest BCUT2D eigenvalue weighted by atomic mass is 10.1. The van der Waals surface area contributed by atoms with E-state index >= 15 is 0 Å². The molecule has 0 aliphatic heterocycles. The molecule has 0 bridgehead atoms. The van der Waals surface area contributed by atoms with Crippen LogP contribution in [0.2, 0.25) is 0 Å². The first-order valence-corrected chi connectivity index (χ1v) is 3.87. The van der Waals surface area contributed by atoms with Crippen molar-refractivity contribution < 1.29 is 18.0 Å². The van der Waals surface area contributed by atoms with E-state index in [2.05, 4.69) is 5.32 Å². The molecule has 1 aromatic rings. The van der Waals surface area contributed by atoms with Gasteiger partial charge in [0.2, 0.25) is 6.41 Å². The van der Waals surface area contributed by atoms with Gasteiger partial charge in [-0.1, -0.05) is 12.1 Å². The summed E-state index contributed by atoms with van der Waals surface area (Å²) in [5.41, 5.74) is -0.0579. The highest BCUT2D eigenvalue weighted by molar-refractivity contribution is 5.46. The zero-order valence-corrected chi connectivity index (χ0v) is 7.14. The Morgan fingerprint density at radius 3 is 2.21 bits per heavy atom. The van der Waals surface area contributed by atoms with Crippen LogP contribution in [0.4, 0.5) is 13.2 Å². The minimum atomic E-state index is -4.31. The number of halogens is 3. The second kappa shape index (κ2) is 4.13. The van der Waals surface area contributed by atoms with Crippen molar-refractivity contribution in [3.63, 3.8) is 0 Å². The van der Waals surface area contributed by atoms with Gasteiger partial charge in [0.25, 0.3) is 0 Å². The van der Waals surface area contributed by atoms with Crippen molar-refractivity contribution in [3.8, 4) is 0 Å². The van der Waals surface area contributed by atoms with Crippen LogP contribution in [0.25, 0.3) is 0 Å². The SMILES string of the molecule is O=CNCc1ccc(C(F)(F)F)cc1. The van der Waals surface area contributed by atoms with E-state index in [0.717, 1.165) is 12.1 Å². The lowest BCUT2D eigenvalue weighted by Crippen LogP contribution is -2.10. The monoisotopic (exact) mass is 203 g/mol. The molecule has 0 unspecified atom stereocenters. The Bertz CT molecular complexity index is 305. The maximum absolute atomic E-state index is 12.1. The molecule has 76 valence electrons. The summed E-state index contributed by atoms with van der Waals surface area (Å²) in [7, 11) is 0. The van der Waals surface area contributed by atoms with E-state index in [4.69, 9.17) is 0 Å². The van der Waals surface area contributed by atoms with Gasteiger partial charge >= 0.3 is 6.18 Å². The lowest BCUT2D eigenvalue weighted by molar-refractivity contribution is -0.137. The summed E-state index contributed by atoms with van der Waals surface area (Å²) in [6.45, 7) is 0.238. The van der Waals surface area contributed by atoms with Gasteiger partial charge in [0.1, 0.15) is 0 Å². The van der Waals surface area contributed by atoms with Crippen LogP contribution in [0.1, 0.15) is 11.1 Å². The molecule has 0 fully saturated rings. The summed E-state index contributed by atoms with van der Waals surface area (Å²) in [4.78, 5) is 9.91. The number of benzene rings is 1. The molecule has 0 aliphatic rings. The number of hydrogen-bond acceptors (Lipinski definition) is 1. The van der Waals surface area contributed by atoms with Gasteiger partial charge in [-0.25, -0.2) is 0 Å². The molecule has 0 aliphatic carbocycles. The number of carbonyl (C=O) groups excluding carboxylic acids is 1. The van der Waals surface area contributed by atoms with Crippen LogP contribution in [0.15, 0.2) is 24.3 Å². The first kappa shape index (κ1) is 10.6. The molecule has 1 N–H and O–H groups in total. The van der Waals surface area contributed by atoms with Crippen LogP contribution in [0, 0.1) is 0 Å². The van der Waals surface area contributed by atoms with Crippen LogP contribution in [0.3, 0.4) is 0 Å². The van der Waals surface area contributed by atoms with Crippen molar-refractivity contribution in [2.75, 3.05) is 0 Å². The van der Waals surface area contributed by atoms with Gasteiger partial charge in [-0.05, 0) is 17.7 Å². The van der Waals surface area contributed by atoms with E-state index in [0.29, 0.717) is 12.0 Å². The number of nitrogens with one attached hydrogen (secondary N) is 1. The number of carbonyl (C=O) groups is 1. The molecular formula is C9H8F3NO. The van der Waals surface area contributed by atoms with E-state index in [1.165, 1.54) is 12.1 Å². The van der Waals surface area contributed by atoms with Crippen molar-refractivity contribution in [1.82, 2.24) is 5.32 Å². The topological polar surface area (TPSA) is 29.1 Å². The van der Waals surface area contributed by atoms with Crippen molar-refractivity contribution in [2.24, 2.45) is 0 Å². The van der Waals surface area contributed by atoms with E-state index in [-0.39, 0.29) is 6.54 Å². The van der Waals surface area contributed by atoms with E-state index in [9.17, 15) is 18.0 Å². The fourth-order valence-corrected chi connectivity index (χ4v) is 0.971. The summed E-state index contributed by atoms with van der Waals surface area (Å²) in [6, 6.07) is 4.64. The van der Waals surface area contributed by atoms with Crippen LogP contribution < -0.4 is 5.32 Å². The fourth-order valence-electron chi connectivity index (χ4n) is 0.971. The van der Waals surface area contributed by atoms with E-state index in [1.54, 1.807) is 0 Å². The summed E-state index contributed by atoms with van der Waals surface area (Å²) in [5.74, 6) is 0. The van der Waals surface area contributed by atoms with Crippen LogP contribution in [-0.2, 0) is 17.5 Å². The Hall–Kier alpha value is -1.52. The number of rotatable bonds is 3. The molecule has 0 saturated carbocycles. The molecule has 0 atom stereocenters. The Kier molecular flexibility index (Phi) is 3.11. The van der Waals surface area contributed by atoms with Gasteiger partial charge in [0.15, 0.2) is 0 Å². The van der Waals surface area contributed by atoms with Crippen LogP contribution >= 0.6 is 0 Å². The van der Waals surface area contributed by atoms with Crippen LogP contribution in [0.5, 0.6) is 0 Å². The van der Waals surface area contributed by atoms with Crippen molar-refractivity contribution in [3.05, 3.63) is 35.4 Å². The largest absolute Gasteiger partial charge is 0.416 e. The second-order valence-corrected chi connectivity index (χ2v) is 2.69. The molecule has 0 heterocycles. The maximum atomic E-state index is 12.1. The third-order valence-corrected chi connectivity index (χ3v) is 1.67. The van der Waals surface area contributed by atoms with Gasteiger partial charge in [-0.15, -0.1) is 0 Å². The molecule has 1 aromatic carbocycles. The molecule has 0 radical (unpaired) electrons. The van der Waals surface area contributed by atoms with Crippen molar-refractivity contribution in [2.45, 2.75) is 12.7 Å². The van der Waals surface area contributed by atoms with Gasteiger partial charge in [-0.3, -0.25) is 4.79 Å². The highest BCUT2D eigenvalue weighted by atomic mass is 19.4. The predicted octanol–water partition coefficient (Wildman–Crippen LogP) is 1.95. The van der Waals surface area contributed by atoms with Crippen molar-refractivity contribution in [1.29, 1.82) is 0 Å². The summed E-state index contributed by atoms with van der Waals surface area (Å²) < 4.78 is 36.3. The molecule has 1 rings (SSSR count). The standard InChI is InChI=1S/C9H8F3NO/c10-9(11,12)8-3-1-7(2-4-8)5-13-6-14/h1-4,6H,5H2,(H,13,14). The molecule has 0 aromatic heterocycles. The first-order valence-electron chi connectivity index (χ1n) is 3.87. The minimum absolute atomic E-state index is 0.238. The van der Waals surface area contributed by atoms with Gasteiger partial charge in [-0.2, -0.15) is 13.2 Å². The van der Waals surface area contributed by atoms with Crippen molar-refractivity contribution >= 4 is 6.41 Å². The molecule has 2 nitrogen and oxygen atoms in total. The predicted molar refractivity (Wildman–Crippen MR) is 44.3 cm³/mol. The van der Waals surface area contributed by atoms with Gasteiger partial charge in [0.05, 0.1) is 5.56 Å². The summed E-state index contributed by atoms with van der Waals surface area (Å²) >= 11 is 0. The number of hydrogen-bond donors (Lipinski definition) is 1. The maximum Gasteiger partial charge on any atom is 0.416 e. The molecule has 0 spiro atoms. The Labute approximate surface area is 78.7 Å². The third kappa shape index (κ3) is 2.76. The molecule has 14 heavy (non-hydrogen) atoms. The Balaban J connectivity index is 2.73. The molecule has 0 saturated heterocycles. The smallest absolute Gasteiger partial charge is 0.355 e. The zero-order valence-electron chi connectivity index (χ0n) is 7.14. The molecule has 1 amide bonds. The lowest BCUT2D eigenvalue weighted by Gasteiger charge is -2.06. The first-order chi connectivity index (χ1) is 6.54. The average molecular weight is 203 g/mol. The second-order valence-electron chi connectivity index (χ2n) is 2.69. The average Bonchev–Trinajstić information content (AvgIpc) is 2.14. The Morgan fingerprint density at radius 2 is 1.79 bits per heavy atom. The minimum Gasteiger partial charge on any atom is -0.355 e. The van der Waals surface area contributed by atoms with Gasteiger partial charge < -0.3 is 5.32 Å². The zero-order chi connectivity index (χ0) is 10.6. The summed E-state index contributed by atoms with van der Waals surface area (Å²) in [5, 5.41) is 2.36. The van der Waals surface area contributed by atoms with Crippen LogP contribution in [-0.4, -0.2) is 6.41 Å². The quantitative estimate of drug-likeness (QED) is 0.747. The third-order valence-electron chi connectivity index (χ3n) is 1.67. The number of amides is 1. The van der Waals surface area contributed by atoms with E-state index < -0.39 is 11.7 Å². The number of alkyl halides is 3. The molecule has 5 heteroatoms. The fraction of sp³-hybridized carbons (Fsp3) is 0.222. The molecular weight excluding hydrogens is 195 g/mol. The highest BCUT2D eigenvalue weighted by Gasteiger charge is 2.29. The summed E-state index contributed by atoms with van der Waals surface area (Å²) in [6.07, 6.45) is -3.81. The van der Waals surface area contributed by atoms with Gasteiger partial charge in [0, 0.05) is 6.54 Å².